The van der Waals surface area contributed by atoms with E-state index in [9.17, 15) is 14.7 Å². The summed E-state index contributed by atoms with van der Waals surface area (Å²) in [4.78, 5) is 24.3. The number of phenols is 1. The maximum atomic E-state index is 12.3. The second-order valence-electron chi connectivity index (χ2n) is 4.95. The summed E-state index contributed by atoms with van der Waals surface area (Å²) in [5, 5.41) is 16.3. The van der Waals surface area contributed by atoms with E-state index in [2.05, 4.69) is 21.0 Å². The van der Waals surface area contributed by atoms with Gasteiger partial charge in [-0.3, -0.25) is 25.5 Å². The molecule has 2 amide bonds. The summed E-state index contributed by atoms with van der Waals surface area (Å²) < 4.78 is 0. The third kappa shape index (κ3) is 3.09. The predicted octanol–water partition coefficient (Wildman–Crippen LogP) is 1.86. The van der Waals surface area contributed by atoms with Crippen LogP contribution in [-0.2, 0) is 0 Å². The van der Waals surface area contributed by atoms with E-state index in [4.69, 9.17) is 0 Å². The third-order valence-corrected chi connectivity index (χ3v) is 3.38. The van der Waals surface area contributed by atoms with Gasteiger partial charge in [-0.15, -0.1) is 0 Å². The lowest BCUT2D eigenvalue weighted by atomic mass is 10.1. The molecule has 7 heteroatoms. The fourth-order valence-electron chi connectivity index (χ4n) is 2.20. The largest absolute Gasteiger partial charge is 0.507 e. The summed E-state index contributed by atoms with van der Waals surface area (Å²) in [5.41, 5.74) is 6.28. The number of H-pyrrole nitrogens is 1. The molecule has 0 saturated carbocycles. The van der Waals surface area contributed by atoms with Crippen molar-refractivity contribution in [3.8, 4) is 17.0 Å². The van der Waals surface area contributed by atoms with Crippen LogP contribution < -0.4 is 10.9 Å². The SMILES string of the molecule is O=C(NNC(=O)c1cn[nH]c1-c1ccccc1)c1ccccc1O. The van der Waals surface area contributed by atoms with Crippen LogP contribution in [0.15, 0.2) is 60.8 Å². The fourth-order valence-corrected chi connectivity index (χ4v) is 2.20. The van der Waals surface area contributed by atoms with Gasteiger partial charge in [0.1, 0.15) is 5.75 Å². The Morgan fingerprint density at radius 1 is 0.875 bits per heavy atom. The number of amides is 2. The molecule has 1 aromatic heterocycles. The molecule has 0 atom stereocenters. The van der Waals surface area contributed by atoms with Gasteiger partial charge >= 0.3 is 0 Å². The van der Waals surface area contributed by atoms with E-state index in [1.54, 1.807) is 12.1 Å². The zero-order chi connectivity index (χ0) is 16.9. The maximum absolute atomic E-state index is 12.3. The van der Waals surface area contributed by atoms with Crippen LogP contribution in [0.1, 0.15) is 20.7 Å². The van der Waals surface area contributed by atoms with E-state index in [1.807, 2.05) is 30.3 Å². The van der Waals surface area contributed by atoms with E-state index in [0.717, 1.165) is 5.56 Å². The number of carbonyl (C=O) groups excluding carboxylic acids is 2. The van der Waals surface area contributed by atoms with Crippen molar-refractivity contribution >= 4 is 11.8 Å². The van der Waals surface area contributed by atoms with Crippen LogP contribution in [0.4, 0.5) is 0 Å². The number of hydrogen-bond donors (Lipinski definition) is 4. The van der Waals surface area contributed by atoms with Crippen LogP contribution in [0, 0.1) is 0 Å². The highest BCUT2D eigenvalue weighted by atomic mass is 16.3. The van der Waals surface area contributed by atoms with E-state index in [-0.39, 0.29) is 11.3 Å². The van der Waals surface area contributed by atoms with Crippen molar-refractivity contribution in [2.45, 2.75) is 0 Å². The van der Waals surface area contributed by atoms with Crippen LogP contribution in [0.2, 0.25) is 0 Å². The smallest absolute Gasteiger partial charge is 0.273 e. The summed E-state index contributed by atoms with van der Waals surface area (Å²) in [6.45, 7) is 0. The molecule has 3 aromatic rings. The first kappa shape index (κ1) is 15.3. The Balaban J connectivity index is 1.72. The molecule has 4 N–H and O–H groups in total. The van der Waals surface area contributed by atoms with Crippen molar-refractivity contribution in [1.29, 1.82) is 0 Å². The number of aromatic amines is 1. The molecule has 1 heterocycles. The number of hydrazine groups is 1. The van der Waals surface area contributed by atoms with Gasteiger partial charge in [0.25, 0.3) is 11.8 Å². The first-order chi connectivity index (χ1) is 11.7. The Hall–Kier alpha value is -3.61. The van der Waals surface area contributed by atoms with Gasteiger partial charge in [-0.2, -0.15) is 5.10 Å². The quantitative estimate of drug-likeness (QED) is 0.552. The van der Waals surface area contributed by atoms with Gasteiger partial charge in [0.15, 0.2) is 0 Å². The molecule has 0 aliphatic carbocycles. The number of para-hydroxylation sites is 1. The van der Waals surface area contributed by atoms with E-state index < -0.39 is 11.8 Å². The molecule has 0 spiro atoms. The highest BCUT2D eigenvalue weighted by molar-refractivity contribution is 6.02. The minimum atomic E-state index is -0.619. The first-order valence-corrected chi connectivity index (χ1v) is 7.14. The molecule has 24 heavy (non-hydrogen) atoms. The van der Waals surface area contributed by atoms with Gasteiger partial charge in [-0.25, -0.2) is 0 Å². The number of aromatic hydroxyl groups is 1. The van der Waals surface area contributed by atoms with Gasteiger partial charge in [0.2, 0.25) is 0 Å². The second kappa shape index (κ2) is 6.66. The molecule has 0 bridgehead atoms. The van der Waals surface area contributed by atoms with Crippen LogP contribution in [0.25, 0.3) is 11.3 Å². The molecule has 0 fully saturated rings. The topological polar surface area (TPSA) is 107 Å². The summed E-state index contributed by atoms with van der Waals surface area (Å²) in [7, 11) is 0. The molecule has 3 rings (SSSR count). The number of nitrogens with one attached hydrogen (secondary N) is 3. The fraction of sp³-hybridized carbons (Fsp3) is 0. The van der Waals surface area contributed by atoms with Gasteiger partial charge < -0.3 is 5.11 Å². The van der Waals surface area contributed by atoms with Crippen LogP contribution in [0.3, 0.4) is 0 Å². The summed E-state index contributed by atoms with van der Waals surface area (Å²) >= 11 is 0. The van der Waals surface area contributed by atoms with E-state index in [0.29, 0.717) is 11.3 Å². The first-order valence-electron chi connectivity index (χ1n) is 7.14. The second-order valence-corrected chi connectivity index (χ2v) is 4.95. The molecular weight excluding hydrogens is 308 g/mol. The molecule has 7 nitrogen and oxygen atoms in total. The Bertz CT molecular complexity index is 874. The number of benzene rings is 2. The molecule has 120 valence electrons. The minimum absolute atomic E-state index is 0.0632. The monoisotopic (exact) mass is 322 g/mol. The van der Waals surface area contributed by atoms with Gasteiger partial charge in [0.05, 0.1) is 23.0 Å². The third-order valence-electron chi connectivity index (χ3n) is 3.38. The lowest BCUT2D eigenvalue weighted by molar-refractivity contribution is 0.0845. The minimum Gasteiger partial charge on any atom is -0.507 e. The molecule has 0 aliphatic heterocycles. The predicted molar refractivity (Wildman–Crippen MR) is 87.1 cm³/mol. The molecule has 2 aromatic carbocycles. The number of rotatable bonds is 3. The summed E-state index contributed by atoms with van der Waals surface area (Å²) in [6, 6.07) is 15.3. The van der Waals surface area contributed by atoms with Gasteiger partial charge in [0, 0.05) is 5.56 Å². The van der Waals surface area contributed by atoms with Crippen molar-refractivity contribution in [1.82, 2.24) is 21.0 Å². The normalized spacial score (nSPS) is 10.2. The Labute approximate surface area is 137 Å². The number of phenolic OH excluding ortho intramolecular Hbond substituents is 1. The maximum Gasteiger partial charge on any atom is 0.273 e. The Morgan fingerprint density at radius 3 is 2.21 bits per heavy atom. The van der Waals surface area contributed by atoms with Crippen molar-refractivity contribution in [3.63, 3.8) is 0 Å². The number of nitrogens with zero attached hydrogens (tertiary/aromatic N) is 1. The standard InChI is InChI=1S/C17H14N4O3/c22-14-9-5-4-8-12(14)16(23)20-21-17(24)13-10-18-19-15(13)11-6-2-1-3-7-11/h1-10,22H,(H,18,19)(H,20,23)(H,21,24). The molecule has 0 saturated heterocycles. The van der Waals surface area contributed by atoms with Crippen LogP contribution >= 0.6 is 0 Å². The van der Waals surface area contributed by atoms with Crippen LogP contribution in [-0.4, -0.2) is 27.1 Å². The van der Waals surface area contributed by atoms with Gasteiger partial charge in [-0.1, -0.05) is 42.5 Å². The number of aromatic nitrogens is 2. The summed E-state index contributed by atoms with van der Waals surface area (Å²) in [6.07, 6.45) is 1.38. The highest BCUT2D eigenvalue weighted by Gasteiger charge is 2.17. The average molecular weight is 322 g/mol. The van der Waals surface area contributed by atoms with Crippen molar-refractivity contribution < 1.29 is 14.7 Å². The number of hydrogen-bond acceptors (Lipinski definition) is 4. The van der Waals surface area contributed by atoms with Crippen LogP contribution in [0.5, 0.6) is 5.75 Å². The molecule has 0 aliphatic rings. The zero-order valence-corrected chi connectivity index (χ0v) is 12.5. The van der Waals surface area contributed by atoms with E-state index in [1.165, 1.54) is 18.3 Å². The molecule has 0 unspecified atom stereocenters. The Kier molecular flexibility index (Phi) is 4.24. The van der Waals surface area contributed by atoms with Crippen molar-refractivity contribution in [2.24, 2.45) is 0 Å². The lowest BCUT2D eigenvalue weighted by Crippen LogP contribution is -2.41. The van der Waals surface area contributed by atoms with E-state index >= 15 is 0 Å². The zero-order valence-electron chi connectivity index (χ0n) is 12.5. The number of carbonyl (C=O) groups is 2. The Morgan fingerprint density at radius 2 is 1.50 bits per heavy atom. The average Bonchev–Trinajstić information content (AvgIpc) is 3.10. The molecule has 0 radical (unpaired) electrons. The molecular formula is C17H14N4O3. The highest BCUT2D eigenvalue weighted by Crippen LogP contribution is 2.20. The van der Waals surface area contributed by atoms with Crippen molar-refractivity contribution in [3.05, 3.63) is 71.9 Å². The lowest BCUT2D eigenvalue weighted by Gasteiger charge is -2.08. The van der Waals surface area contributed by atoms with Gasteiger partial charge in [-0.05, 0) is 12.1 Å². The summed E-state index contributed by atoms with van der Waals surface area (Å²) in [5.74, 6) is -1.31. The van der Waals surface area contributed by atoms with Crippen molar-refractivity contribution in [2.75, 3.05) is 0 Å².